The van der Waals surface area contributed by atoms with Crippen LogP contribution in [-0.4, -0.2) is 52.0 Å². The number of thioether (sulfide) groups is 1. The van der Waals surface area contributed by atoms with Gasteiger partial charge in [-0.15, -0.1) is 0 Å². The molecule has 4 rings (SSSR count). The van der Waals surface area contributed by atoms with Crippen LogP contribution in [0.3, 0.4) is 0 Å². The number of imidazole rings is 1. The number of nitrogens with zero attached hydrogens (tertiary/aromatic N) is 1. The molecule has 0 saturated carbocycles. The van der Waals surface area contributed by atoms with Crippen molar-refractivity contribution < 1.29 is 22.6 Å². The van der Waals surface area contributed by atoms with Gasteiger partial charge in [-0.05, 0) is 72.8 Å². The molecule has 0 radical (unpaired) electrons. The fourth-order valence-corrected chi connectivity index (χ4v) is 5.39. The van der Waals surface area contributed by atoms with Crippen LogP contribution in [0.1, 0.15) is 0 Å². The fourth-order valence-electron chi connectivity index (χ4n) is 3.51. The molecular formula is C26H27N3O5S2. The first-order valence-corrected chi connectivity index (χ1v) is 13.6. The number of benzene rings is 3. The Morgan fingerprint density at radius 2 is 1.28 bits per heavy atom. The largest absolute Gasteiger partial charge is 0.497 e. The Labute approximate surface area is 215 Å². The van der Waals surface area contributed by atoms with Gasteiger partial charge in [0.15, 0.2) is 5.16 Å². The maximum absolute atomic E-state index is 12.6. The molecule has 0 bridgehead atoms. The third-order valence-corrected chi connectivity index (χ3v) is 7.78. The minimum Gasteiger partial charge on any atom is -0.497 e. The van der Waals surface area contributed by atoms with Gasteiger partial charge in [0.1, 0.15) is 17.2 Å². The van der Waals surface area contributed by atoms with Gasteiger partial charge in [0.2, 0.25) is 10.0 Å². The van der Waals surface area contributed by atoms with Gasteiger partial charge in [-0.3, -0.25) is 0 Å². The topological polar surface area (TPSA) is 103 Å². The number of hydrogen-bond acceptors (Lipinski definition) is 7. The summed E-state index contributed by atoms with van der Waals surface area (Å²) in [6.07, 6.45) is 0. The lowest BCUT2D eigenvalue weighted by Gasteiger charge is -2.07. The number of aromatic nitrogens is 2. The Hall–Kier alpha value is -3.47. The number of H-pyrrole nitrogens is 1. The molecule has 10 heteroatoms. The summed E-state index contributed by atoms with van der Waals surface area (Å²) in [6, 6.07) is 21.7. The van der Waals surface area contributed by atoms with Crippen LogP contribution in [0.5, 0.6) is 17.2 Å². The van der Waals surface area contributed by atoms with Crippen LogP contribution in [0.4, 0.5) is 0 Å². The summed E-state index contributed by atoms with van der Waals surface area (Å²) in [5, 5.41) is 0.690. The van der Waals surface area contributed by atoms with Crippen molar-refractivity contribution in [1.82, 2.24) is 14.7 Å². The molecule has 8 nitrogen and oxygen atoms in total. The molecule has 3 aromatic carbocycles. The Bertz CT molecular complexity index is 1320. The van der Waals surface area contributed by atoms with Crippen molar-refractivity contribution in [2.24, 2.45) is 0 Å². The number of methoxy groups -OCH3 is 3. The van der Waals surface area contributed by atoms with E-state index in [2.05, 4.69) is 9.71 Å². The lowest BCUT2D eigenvalue weighted by molar-refractivity contribution is 0.414. The molecule has 0 aliphatic rings. The predicted octanol–water partition coefficient (Wildman–Crippen LogP) is 4.84. The zero-order valence-corrected chi connectivity index (χ0v) is 21.8. The van der Waals surface area contributed by atoms with E-state index < -0.39 is 10.0 Å². The molecule has 188 valence electrons. The zero-order chi connectivity index (χ0) is 25.5. The van der Waals surface area contributed by atoms with Crippen molar-refractivity contribution in [1.29, 1.82) is 0 Å². The smallest absolute Gasteiger partial charge is 0.240 e. The van der Waals surface area contributed by atoms with Crippen molar-refractivity contribution in [3.8, 4) is 39.8 Å². The average Bonchev–Trinajstić information content (AvgIpc) is 3.35. The van der Waals surface area contributed by atoms with Gasteiger partial charge in [0.25, 0.3) is 0 Å². The lowest BCUT2D eigenvalue weighted by atomic mass is 10.0. The molecule has 4 aromatic rings. The van der Waals surface area contributed by atoms with Crippen LogP contribution in [0.2, 0.25) is 0 Å². The van der Waals surface area contributed by atoms with E-state index in [4.69, 9.17) is 19.2 Å². The number of rotatable bonds is 11. The van der Waals surface area contributed by atoms with Gasteiger partial charge in [-0.2, -0.15) is 0 Å². The quantitative estimate of drug-likeness (QED) is 0.213. The second-order valence-electron chi connectivity index (χ2n) is 7.64. The molecule has 0 saturated heterocycles. The standard InChI is InChI=1S/C26H27N3O5S2/c1-32-20-8-4-18(5-9-20)24-25(19-6-10-21(33-2)11-7-19)29-26(28-24)35-17-16-27-36(30,31)23-14-12-22(34-3)13-15-23/h4-15,27H,16-17H2,1-3H3,(H,28,29). The van der Waals surface area contributed by atoms with Gasteiger partial charge in [0.05, 0.1) is 37.6 Å². The monoisotopic (exact) mass is 525 g/mol. The van der Waals surface area contributed by atoms with Crippen LogP contribution in [-0.2, 0) is 10.0 Å². The first-order valence-electron chi connectivity index (χ1n) is 11.1. The summed E-state index contributed by atoms with van der Waals surface area (Å²) >= 11 is 1.44. The van der Waals surface area contributed by atoms with E-state index in [0.717, 1.165) is 34.0 Å². The second-order valence-corrected chi connectivity index (χ2v) is 10.5. The van der Waals surface area contributed by atoms with Gasteiger partial charge in [-0.1, -0.05) is 11.8 Å². The highest BCUT2D eigenvalue weighted by molar-refractivity contribution is 7.99. The van der Waals surface area contributed by atoms with E-state index in [9.17, 15) is 8.42 Å². The summed E-state index contributed by atoms with van der Waals surface area (Å²) in [6.45, 7) is 0.246. The van der Waals surface area contributed by atoms with Crippen LogP contribution >= 0.6 is 11.8 Å². The van der Waals surface area contributed by atoms with E-state index in [-0.39, 0.29) is 11.4 Å². The molecule has 0 amide bonds. The molecule has 1 aromatic heterocycles. The fraction of sp³-hybridized carbons (Fsp3) is 0.192. The van der Waals surface area contributed by atoms with Crippen LogP contribution in [0.15, 0.2) is 82.8 Å². The molecule has 0 aliphatic carbocycles. The average molecular weight is 526 g/mol. The molecule has 2 N–H and O–H groups in total. The predicted molar refractivity (Wildman–Crippen MR) is 141 cm³/mol. The van der Waals surface area contributed by atoms with Crippen molar-refractivity contribution >= 4 is 21.8 Å². The molecule has 36 heavy (non-hydrogen) atoms. The summed E-state index contributed by atoms with van der Waals surface area (Å²) in [5.41, 5.74) is 3.55. The van der Waals surface area contributed by atoms with Gasteiger partial charge in [0, 0.05) is 23.4 Å². The van der Waals surface area contributed by atoms with Gasteiger partial charge < -0.3 is 19.2 Å². The van der Waals surface area contributed by atoms with E-state index in [1.165, 1.54) is 31.0 Å². The Morgan fingerprint density at radius 3 is 1.81 bits per heavy atom. The molecule has 0 atom stereocenters. The molecule has 0 aliphatic heterocycles. The number of nitrogens with one attached hydrogen (secondary N) is 2. The minimum atomic E-state index is -3.62. The Kier molecular flexibility index (Phi) is 8.19. The van der Waals surface area contributed by atoms with Crippen LogP contribution in [0, 0.1) is 0 Å². The van der Waals surface area contributed by atoms with Crippen molar-refractivity contribution in [3.63, 3.8) is 0 Å². The van der Waals surface area contributed by atoms with Gasteiger partial charge >= 0.3 is 0 Å². The summed E-state index contributed by atoms with van der Waals surface area (Å²) in [4.78, 5) is 8.39. The zero-order valence-electron chi connectivity index (χ0n) is 20.1. The van der Waals surface area contributed by atoms with E-state index in [1.807, 2.05) is 48.5 Å². The Balaban J connectivity index is 1.49. The Morgan fingerprint density at radius 1 is 0.778 bits per heavy atom. The van der Waals surface area contributed by atoms with Crippen LogP contribution in [0.25, 0.3) is 22.5 Å². The van der Waals surface area contributed by atoms with Crippen molar-refractivity contribution in [2.45, 2.75) is 10.1 Å². The normalized spacial score (nSPS) is 11.3. The van der Waals surface area contributed by atoms with Crippen LogP contribution < -0.4 is 18.9 Å². The highest BCUT2D eigenvalue weighted by atomic mass is 32.2. The molecule has 0 spiro atoms. The second kappa shape index (κ2) is 11.5. The molecule has 1 heterocycles. The minimum absolute atomic E-state index is 0.190. The van der Waals surface area contributed by atoms with Crippen molar-refractivity contribution in [2.75, 3.05) is 33.6 Å². The number of sulfonamides is 1. The molecule has 0 fully saturated rings. The number of aromatic amines is 1. The molecule has 0 unspecified atom stereocenters. The summed E-state index contributed by atoms with van der Waals surface area (Å²) in [5.74, 6) is 2.62. The highest BCUT2D eigenvalue weighted by Gasteiger charge is 2.16. The van der Waals surface area contributed by atoms with E-state index >= 15 is 0 Å². The van der Waals surface area contributed by atoms with Crippen molar-refractivity contribution in [3.05, 3.63) is 72.8 Å². The summed E-state index contributed by atoms with van der Waals surface area (Å²) < 4.78 is 43.4. The first-order chi connectivity index (χ1) is 17.4. The SMILES string of the molecule is COc1ccc(-c2nc(SCCNS(=O)(=O)c3ccc(OC)cc3)[nH]c2-c2ccc(OC)cc2)cc1. The highest BCUT2D eigenvalue weighted by Crippen LogP contribution is 2.34. The first kappa shape index (κ1) is 25.6. The number of ether oxygens (including phenoxy) is 3. The molecular weight excluding hydrogens is 498 g/mol. The maximum Gasteiger partial charge on any atom is 0.240 e. The van der Waals surface area contributed by atoms with Gasteiger partial charge in [-0.25, -0.2) is 18.1 Å². The lowest BCUT2D eigenvalue weighted by Crippen LogP contribution is -2.26. The maximum atomic E-state index is 12.6. The third kappa shape index (κ3) is 6.01. The van der Waals surface area contributed by atoms with E-state index in [1.54, 1.807) is 26.4 Å². The number of hydrogen-bond donors (Lipinski definition) is 2. The van der Waals surface area contributed by atoms with E-state index in [0.29, 0.717) is 16.7 Å². The summed E-state index contributed by atoms with van der Waals surface area (Å²) in [7, 11) is 1.18. The third-order valence-electron chi connectivity index (χ3n) is 5.43.